The molecule has 0 aromatic carbocycles. The van der Waals surface area contributed by atoms with E-state index >= 15 is 0 Å². The van der Waals surface area contributed by atoms with Gasteiger partial charge < -0.3 is 19.2 Å². The predicted molar refractivity (Wildman–Crippen MR) is 84.3 cm³/mol. The second kappa shape index (κ2) is 6.00. The van der Waals surface area contributed by atoms with Crippen molar-refractivity contribution in [3.8, 4) is 0 Å². The molecule has 23 heavy (non-hydrogen) atoms. The molecule has 0 radical (unpaired) electrons. The van der Waals surface area contributed by atoms with Gasteiger partial charge in [0.05, 0.1) is 18.8 Å². The molecule has 1 aliphatic heterocycles. The van der Waals surface area contributed by atoms with Crippen molar-refractivity contribution in [3.63, 3.8) is 0 Å². The number of nitrogens with one attached hydrogen (secondary N) is 1. The summed E-state index contributed by atoms with van der Waals surface area (Å²) in [4.78, 5) is 33.4. The molecule has 1 aliphatic rings. The Balaban J connectivity index is 1.82. The van der Waals surface area contributed by atoms with Crippen LogP contribution >= 0.6 is 0 Å². The van der Waals surface area contributed by atoms with Gasteiger partial charge in [-0.3, -0.25) is 9.59 Å². The average Bonchev–Trinajstić information content (AvgIpc) is 2.85. The topological polar surface area (TPSA) is 80.2 Å². The fraction of sp³-hybridized carbons (Fsp3) is 0.438. The Bertz CT molecular complexity index is 793. The minimum atomic E-state index is -0.356. The van der Waals surface area contributed by atoms with E-state index in [2.05, 4.69) is 9.97 Å². The van der Waals surface area contributed by atoms with Gasteiger partial charge in [0, 0.05) is 25.5 Å². The molecule has 122 valence electrons. The van der Waals surface area contributed by atoms with Crippen LogP contribution in [0.15, 0.2) is 23.1 Å². The standard InChI is InChI=1S/C16H20N4O3/c1-10-4-5-12(15(21)18-10)16(22)20-6-7-23-13(9-20)14-17-11(2)8-19(14)3/h4-5,8,13H,6-7,9H2,1-3H3,(H,18,21). The molecule has 1 N–H and O–H groups in total. The Morgan fingerprint density at radius 2 is 2.17 bits per heavy atom. The van der Waals surface area contributed by atoms with Gasteiger partial charge in [0.2, 0.25) is 0 Å². The van der Waals surface area contributed by atoms with Gasteiger partial charge in [-0.1, -0.05) is 0 Å². The molecule has 3 heterocycles. The quantitative estimate of drug-likeness (QED) is 0.894. The zero-order valence-electron chi connectivity index (χ0n) is 13.5. The molecule has 2 aromatic heterocycles. The van der Waals surface area contributed by atoms with Gasteiger partial charge in [-0.25, -0.2) is 4.98 Å². The first-order valence-corrected chi connectivity index (χ1v) is 7.56. The SMILES string of the molecule is Cc1cn(C)c(C2CN(C(=O)c3ccc(C)[nH]c3=O)CCO2)n1. The van der Waals surface area contributed by atoms with Crippen molar-refractivity contribution < 1.29 is 9.53 Å². The number of aromatic nitrogens is 3. The van der Waals surface area contributed by atoms with E-state index in [1.807, 2.05) is 24.7 Å². The number of imidazole rings is 1. The Morgan fingerprint density at radius 1 is 1.39 bits per heavy atom. The lowest BCUT2D eigenvalue weighted by Gasteiger charge is -2.32. The number of amides is 1. The molecule has 7 heteroatoms. The summed E-state index contributed by atoms with van der Waals surface area (Å²) in [6, 6.07) is 3.31. The van der Waals surface area contributed by atoms with Crippen LogP contribution in [0.25, 0.3) is 0 Å². The molecule has 0 spiro atoms. The van der Waals surface area contributed by atoms with Crippen molar-refractivity contribution >= 4 is 5.91 Å². The van der Waals surface area contributed by atoms with Crippen molar-refractivity contribution in [2.75, 3.05) is 19.7 Å². The van der Waals surface area contributed by atoms with Gasteiger partial charge in [-0.2, -0.15) is 0 Å². The molecule has 1 fully saturated rings. The Morgan fingerprint density at radius 3 is 2.83 bits per heavy atom. The van der Waals surface area contributed by atoms with Crippen LogP contribution in [0.4, 0.5) is 0 Å². The number of H-pyrrole nitrogens is 1. The summed E-state index contributed by atoms with van der Waals surface area (Å²) >= 11 is 0. The highest BCUT2D eigenvalue weighted by Crippen LogP contribution is 2.22. The van der Waals surface area contributed by atoms with Crippen molar-refractivity contribution in [2.45, 2.75) is 20.0 Å². The molecule has 0 aliphatic carbocycles. The number of carbonyl (C=O) groups is 1. The van der Waals surface area contributed by atoms with Crippen LogP contribution in [-0.2, 0) is 11.8 Å². The van der Waals surface area contributed by atoms with E-state index < -0.39 is 0 Å². The van der Waals surface area contributed by atoms with E-state index in [9.17, 15) is 9.59 Å². The molecule has 1 unspecified atom stereocenters. The number of nitrogens with zero attached hydrogens (tertiary/aromatic N) is 3. The minimum absolute atomic E-state index is 0.160. The van der Waals surface area contributed by atoms with Crippen LogP contribution in [0, 0.1) is 13.8 Å². The first-order chi connectivity index (χ1) is 11.0. The smallest absolute Gasteiger partial charge is 0.260 e. The molecule has 0 bridgehead atoms. The lowest BCUT2D eigenvalue weighted by atomic mass is 10.2. The molecule has 3 rings (SSSR count). The van der Waals surface area contributed by atoms with E-state index in [1.54, 1.807) is 24.0 Å². The fourth-order valence-electron chi connectivity index (χ4n) is 2.83. The Labute approximate surface area is 133 Å². The largest absolute Gasteiger partial charge is 0.367 e. The van der Waals surface area contributed by atoms with Gasteiger partial charge in [0.1, 0.15) is 17.5 Å². The maximum absolute atomic E-state index is 12.6. The van der Waals surface area contributed by atoms with Gasteiger partial charge in [-0.15, -0.1) is 0 Å². The highest BCUT2D eigenvalue weighted by atomic mass is 16.5. The Hall–Kier alpha value is -2.41. The lowest BCUT2D eigenvalue weighted by Crippen LogP contribution is -2.44. The van der Waals surface area contributed by atoms with E-state index in [1.165, 1.54) is 0 Å². The number of aromatic amines is 1. The van der Waals surface area contributed by atoms with Crippen molar-refractivity contribution in [1.29, 1.82) is 0 Å². The van der Waals surface area contributed by atoms with Gasteiger partial charge in [-0.05, 0) is 26.0 Å². The summed E-state index contributed by atoms with van der Waals surface area (Å²) < 4.78 is 7.67. The number of hydrogen-bond donors (Lipinski definition) is 1. The molecule has 1 saturated heterocycles. The Kier molecular flexibility index (Phi) is 4.04. The first-order valence-electron chi connectivity index (χ1n) is 7.56. The third kappa shape index (κ3) is 3.05. The number of rotatable bonds is 2. The van der Waals surface area contributed by atoms with Crippen molar-refractivity contribution in [3.05, 3.63) is 51.5 Å². The first kappa shape index (κ1) is 15.5. The zero-order valence-corrected chi connectivity index (χ0v) is 13.5. The van der Waals surface area contributed by atoms with Gasteiger partial charge in [0.25, 0.3) is 11.5 Å². The van der Waals surface area contributed by atoms with Crippen LogP contribution in [0.1, 0.15) is 33.7 Å². The monoisotopic (exact) mass is 316 g/mol. The van der Waals surface area contributed by atoms with E-state index in [4.69, 9.17) is 4.74 Å². The van der Waals surface area contributed by atoms with E-state index in [0.717, 1.165) is 17.2 Å². The predicted octanol–water partition coefficient (Wildman–Crippen LogP) is 0.939. The lowest BCUT2D eigenvalue weighted by molar-refractivity contribution is -0.0280. The summed E-state index contributed by atoms with van der Waals surface area (Å²) in [5, 5.41) is 0. The van der Waals surface area contributed by atoms with Crippen molar-refractivity contribution in [2.24, 2.45) is 7.05 Å². The third-order valence-corrected chi connectivity index (χ3v) is 3.96. The molecular weight excluding hydrogens is 296 g/mol. The van der Waals surface area contributed by atoms with Crippen LogP contribution in [0.3, 0.4) is 0 Å². The molecule has 1 amide bonds. The number of ether oxygens (including phenoxy) is 1. The summed E-state index contributed by atoms with van der Waals surface area (Å²) in [5.41, 5.74) is 1.44. The molecule has 2 aromatic rings. The maximum atomic E-state index is 12.6. The molecular formula is C16H20N4O3. The van der Waals surface area contributed by atoms with Crippen LogP contribution in [0.5, 0.6) is 0 Å². The summed E-state index contributed by atoms with van der Waals surface area (Å²) in [6.45, 7) is 4.97. The third-order valence-electron chi connectivity index (χ3n) is 3.96. The number of morpholine rings is 1. The summed E-state index contributed by atoms with van der Waals surface area (Å²) in [7, 11) is 1.91. The molecule has 1 atom stereocenters. The normalized spacial score (nSPS) is 18.2. The maximum Gasteiger partial charge on any atom is 0.260 e. The second-order valence-corrected chi connectivity index (χ2v) is 5.85. The fourth-order valence-corrected chi connectivity index (χ4v) is 2.83. The van der Waals surface area contributed by atoms with Crippen molar-refractivity contribution in [1.82, 2.24) is 19.4 Å². The number of carbonyl (C=O) groups excluding carboxylic acids is 1. The summed E-state index contributed by atoms with van der Waals surface area (Å²) in [6.07, 6.45) is 1.64. The molecule has 0 saturated carbocycles. The number of pyridine rings is 1. The van der Waals surface area contributed by atoms with Gasteiger partial charge in [0.15, 0.2) is 0 Å². The van der Waals surface area contributed by atoms with Gasteiger partial charge >= 0.3 is 0 Å². The number of hydrogen-bond acceptors (Lipinski definition) is 4. The van der Waals surface area contributed by atoms with E-state index in [-0.39, 0.29) is 23.1 Å². The summed E-state index contributed by atoms with van der Waals surface area (Å²) in [5.74, 6) is 0.517. The van der Waals surface area contributed by atoms with Crippen LogP contribution < -0.4 is 5.56 Å². The highest BCUT2D eigenvalue weighted by molar-refractivity contribution is 5.93. The zero-order chi connectivity index (χ0) is 16.6. The second-order valence-electron chi connectivity index (χ2n) is 5.85. The van der Waals surface area contributed by atoms with Crippen LogP contribution in [-0.4, -0.2) is 45.0 Å². The minimum Gasteiger partial charge on any atom is -0.367 e. The highest BCUT2D eigenvalue weighted by Gasteiger charge is 2.29. The average molecular weight is 316 g/mol. The molecule has 7 nitrogen and oxygen atoms in total. The van der Waals surface area contributed by atoms with E-state index in [0.29, 0.717) is 19.7 Å². The van der Waals surface area contributed by atoms with Crippen LogP contribution in [0.2, 0.25) is 0 Å². The number of aryl methyl sites for hydroxylation is 3.